The molecule has 0 aliphatic rings. The second-order valence-corrected chi connectivity index (χ2v) is 4.22. The lowest BCUT2D eigenvalue weighted by Crippen LogP contribution is -2.07. The van der Waals surface area contributed by atoms with E-state index in [0.717, 1.165) is 6.20 Å². The lowest BCUT2D eigenvalue weighted by atomic mass is 10.3. The Hall–Kier alpha value is -0.840. The number of aromatic nitrogens is 1. The molecule has 13 heavy (non-hydrogen) atoms. The van der Waals surface area contributed by atoms with Crippen molar-refractivity contribution in [2.45, 2.75) is 11.1 Å². The maximum Gasteiger partial charge on any atom is 0.418 e. The molecule has 1 nitrogen and oxygen atoms in total. The normalized spacial score (nSPS) is 14.2. The van der Waals surface area contributed by atoms with Gasteiger partial charge in [0, 0.05) is 17.3 Å². The van der Waals surface area contributed by atoms with Crippen LogP contribution < -0.4 is 0 Å². The molecule has 0 aromatic carbocycles. The zero-order chi connectivity index (χ0) is 10.1. The molecule has 1 aromatic rings. The van der Waals surface area contributed by atoms with Gasteiger partial charge >= 0.3 is 6.18 Å². The number of nitrogens with zero attached hydrogens (tertiary/aromatic N) is 1. The Morgan fingerprint density at radius 2 is 2.08 bits per heavy atom. The van der Waals surface area contributed by atoms with E-state index in [1.807, 2.05) is 0 Å². The molecular formula is C8H8F3NS. The number of pyridine rings is 1. The van der Waals surface area contributed by atoms with Crippen LogP contribution in [-0.2, 0) is 6.18 Å². The molecule has 0 radical (unpaired) electrons. The summed E-state index contributed by atoms with van der Waals surface area (Å²) in [5, 5.41) is 0. The largest absolute Gasteiger partial charge is 0.418 e. The van der Waals surface area contributed by atoms with Crippen LogP contribution in [0.3, 0.4) is 0 Å². The maximum atomic E-state index is 12.3. The molecule has 1 unspecified atom stereocenters. The molecule has 0 aliphatic heterocycles. The molecule has 5 heteroatoms. The van der Waals surface area contributed by atoms with Crippen molar-refractivity contribution in [3.8, 4) is 0 Å². The van der Waals surface area contributed by atoms with Crippen molar-refractivity contribution in [1.29, 1.82) is 0 Å². The molecule has 0 spiro atoms. The van der Waals surface area contributed by atoms with Crippen LogP contribution in [0.4, 0.5) is 13.2 Å². The highest BCUT2D eigenvalue weighted by Crippen LogP contribution is 2.36. The zero-order valence-electron chi connectivity index (χ0n) is 6.93. The monoisotopic (exact) mass is 207 g/mol. The van der Waals surface area contributed by atoms with Crippen LogP contribution in [0.1, 0.15) is 5.56 Å². The van der Waals surface area contributed by atoms with Gasteiger partial charge in [0.05, 0.1) is 5.56 Å². The summed E-state index contributed by atoms with van der Waals surface area (Å²) in [5.74, 6) is 3.58. The Kier molecular flexibility index (Phi) is 2.75. The van der Waals surface area contributed by atoms with Gasteiger partial charge in [-0.15, -0.1) is 0 Å². The molecule has 1 rings (SSSR count). The molecule has 0 saturated carbocycles. The highest BCUT2D eigenvalue weighted by atomic mass is 32.2. The summed E-state index contributed by atoms with van der Waals surface area (Å²) in [6.45, 7) is 0. The van der Waals surface area contributed by atoms with Crippen molar-refractivity contribution in [2.75, 3.05) is 6.26 Å². The van der Waals surface area contributed by atoms with Crippen molar-refractivity contribution in [3.05, 3.63) is 24.0 Å². The first-order valence-electron chi connectivity index (χ1n) is 3.40. The highest BCUT2D eigenvalue weighted by molar-refractivity contribution is 8.13. The van der Waals surface area contributed by atoms with Gasteiger partial charge in [0.1, 0.15) is 0 Å². The molecule has 72 valence electrons. The number of hydrogen-bond donors (Lipinski definition) is 0. The first-order chi connectivity index (χ1) is 5.93. The Labute approximate surface area is 76.5 Å². The molecule has 0 aliphatic carbocycles. The van der Waals surface area contributed by atoms with Gasteiger partial charge in [-0.2, -0.15) is 23.7 Å². The van der Waals surface area contributed by atoms with Crippen LogP contribution >= 0.6 is 10.5 Å². The van der Waals surface area contributed by atoms with Crippen LogP contribution in [0.2, 0.25) is 0 Å². The van der Waals surface area contributed by atoms with Gasteiger partial charge in [-0.25, -0.2) is 0 Å². The highest BCUT2D eigenvalue weighted by Gasteiger charge is 2.33. The molecule has 0 N–H and O–H groups in total. The topological polar surface area (TPSA) is 12.9 Å². The van der Waals surface area contributed by atoms with Gasteiger partial charge in [-0.1, -0.05) is 5.87 Å². The first kappa shape index (κ1) is 10.2. The fourth-order valence-corrected chi connectivity index (χ4v) is 1.74. The summed E-state index contributed by atoms with van der Waals surface area (Å²) in [5.41, 5.74) is -0.684. The minimum Gasteiger partial charge on any atom is -0.264 e. The fourth-order valence-electron chi connectivity index (χ4n) is 0.898. The smallest absolute Gasteiger partial charge is 0.264 e. The zero-order valence-corrected chi connectivity index (χ0v) is 7.75. The molecule has 0 amide bonds. The summed E-state index contributed by atoms with van der Waals surface area (Å²) >= 11 is 0. The van der Waals surface area contributed by atoms with Gasteiger partial charge in [-0.3, -0.25) is 4.98 Å². The second kappa shape index (κ2) is 3.49. The standard InChI is InChI=1S/C8H8F3NS/c1-13(2)7-3-4-12-5-6(7)8(9,10)11/h3-5H,1H2,2H3. The van der Waals surface area contributed by atoms with E-state index >= 15 is 0 Å². The van der Waals surface area contributed by atoms with Gasteiger partial charge < -0.3 is 0 Å². The number of alkyl halides is 3. The van der Waals surface area contributed by atoms with E-state index in [4.69, 9.17) is 0 Å². The fraction of sp³-hybridized carbons (Fsp3) is 0.250. The van der Waals surface area contributed by atoms with E-state index in [2.05, 4.69) is 10.9 Å². The van der Waals surface area contributed by atoms with E-state index in [0.29, 0.717) is 0 Å². The van der Waals surface area contributed by atoms with Gasteiger partial charge in [0.2, 0.25) is 0 Å². The summed E-state index contributed by atoms with van der Waals surface area (Å²) in [7, 11) is -0.647. The minimum atomic E-state index is -4.33. The summed E-state index contributed by atoms with van der Waals surface area (Å²) in [6.07, 6.45) is -0.504. The molecule has 1 atom stereocenters. The SMILES string of the molecule is C=S(C)c1ccncc1C(F)(F)F. The quantitative estimate of drug-likeness (QED) is 0.645. The van der Waals surface area contributed by atoms with Crippen molar-refractivity contribution in [1.82, 2.24) is 4.98 Å². The second-order valence-electron chi connectivity index (χ2n) is 2.51. The van der Waals surface area contributed by atoms with Crippen LogP contribution in [-0.4, -0.2) is 17.1 Å². The number of hydrogen-bond acceptors (Lipinski definition) is 1. The average Bonchev–Trinajstić information content (AvgIpc) is 2.03. The van der Waals surface area contributed by atoms with E-state index in [-0.39, 0.29) is 4.90 Å². The van der Waals surface area contributed by atoms with Crippen molar-refractivity contribution < 1.29 is 13.2 Å². The first-order valence-corrected chi connectivity index (χ1v) is 5.20. The van der Waals surface area contributed by atoms with Crippen LogP contribution in [0.5, 0.6) is 0 Å². The third-order valence-electron chi connectivity index (χ3n) is 1.46. The van der Waals surface area contributed by atoms with Gasteiger partial charge in [0.15, 0.2) is 0 Å². The van der Waals surface area contributed by atoms with Crippen LogP contribution in [0.15, 0.2) is 23.4 Å². The number of rotatable bonds is 1. The van der Waals surface area contributed by atoms with Crippen molar-refractivity contribution >= 4 is 16.4 Å². The lowest BCUT2D eigenvalue weighted by molar-refractivity contribution is -0.140. The maximum absolute atomic E-state index is 12.3. The lowest BCUT2D eigenvalue weighted by Gasteiger charge is -2.11. The average molecular weight is 207 g/mol. The van der Waals surface area contributed by atoms with E-state index in [1.165, 1.54) is 12.3 Å². The third kappa shape index (κ3) is 2.30. The molecule has 0 fully saturated rings. The Bertz CT molecular complexity index is 332. The summed E-state index contributed by atoms with van der Waals surface area (Å²) in [4.78, 5) is 3.66. The van der Waals surface area contributed by atoms with Crippen LogP contribution in [0, 0.1) is 0 Å². The summed E-state index contributed by atoms with van der Waals surface area (Å²) < 4.78 is 37.0. The molecule has 0 saturated heterocycles. The predicted molar refractivity (Wildman–Crippen MR) is 48.1 cm³/mol. The van der Waals surface area contributed by atoms with Gasteiger partial charge in [-0.05, 0) is 12.3 Å². The van der Waals surface area contributed by atoms with Crippen molar-refractivity contribution in [2.24, 2.45) is 0 Å². The summed E-state index contributed by atoms with van der Waals surface area (Å²) in [6, 6.07) is 1.36. The van der Waals surface area contributed by atoms with E-state index in [1.54, 1.807) is 6.26 Å². The van der Waals surface area contributed by atoms with E-state index in [9.17, 15) is 13.2 Å². The van der Waals surface area contributed by atoms with Crippen LogP contribution in [0.25, 0.3) is 0 Å². The predicted octanol–water partition coefficient (Wildman–Crippen LogP) is 2.79. The van der Waals surface area contributed by atoms with Gasteiger partial charge in [0.25, 0.3) is 0 Å². The number of halogens is 3. The van der Waals surface area contributed by atoms with Crippen molar-refractivity contribution in [3.63, 3.8) is 0 Å². The van der Waals surface area contributed by atoms with E-state index < -0.39 is 22.2 Å². The third-order valence-corrected chi connectivity index (χ3v) is 2.57. The molecule has 0 bridgehead atoms. The Morgan fingerprint density at radius 3 is 2.46 bits per heavy atom. The molecule has 1 aromatic heterocycles. The molecule has 1 heterocycles. The Balaban J connectivity index is 3.28. The minimum absolute atomic E-state index is 0.211. The Morgan fingerprint density at radius 1 is 1.46 bits per heavy atom. The molecular weight excluding hydrogens is 199 g/mol.